The summed E-state index contributed by atoms with van der Waals surface area (Å²) in [6, 6.07) is 14.3. The van der Waals surface area contributed by atoms with E-state index in [2.05, 4.69) is 46.6 Å². The molecule has 0 fully saturated rings. The van der Waals surface area contributed by atoms with E-state index in [1.165, 1.54) is 10.9 Å². The fourth-order valence-corrected chi connectivity index (χ4v) is 2.38. The summed E-state index contributed by atoms with van der Waals surface area (Å²) in [6.45, 7) is 4.52. The Morgan fingerprint density at radius 1 is 1.05 bits per heavy atom. The van der Waals surface area contributed by atoms with Crippen LogP contribution in [0.2, 0.25) is 0 Å². The summed E-state index contributed by atoms with van der Waals surface area (Å²) in [5.41, 5.74) is 3.34. The molecule has 4 nitrogen and oxygen atoms in total. The van der Waals surface area contributed by atoms with Crippen LogP contribution in [0, 0.1) is 0 Å². The molecule has 0 atom stereocenters. The Kier molecular flexibility index (Phi) is 3.74. The number of nitrogens with zero attached hydrogens (tertiary/aromatic N) is 3. The Balaban J connectivity index is 1.74. The summed E-state index contributed by atoms with van der Waals surface area (Å²) in [4.78, 5) is 4.31. The molecule has 0 bridgehead atoms. The second kappa shape index (κ2) is 5.84. The van der Waals surface area contributed by atoms with Gasteiger partial charge in [0, 0.05) is 31.2 Å². The van der Waals surface area contributed by atoms with Crippen LogP contribution < -0.4 is 5.32 Å². The number of aryl methyl sites for hydroxylation is 1. The average Bonchev–Trinajstić information content (AvgIpc) is 2.87. The lowest BCUT2D eigenvalue weighted by atomic mass is 10.2. The smallest absolute Gasteiger partial charge is 0.0841 e. The van der Waals surface area contributed by atoms with Crippen molar-refractivity contribution in [3.63, 3.8) is 0 Å². The van der Waals surface area contributed by atoms with E-state index >= 15 is 0 Å². The Morgan fingerprint density at radius 3 is 2.70 bits per heavy atom. The number of rotatable bonds is 5. The Bertz CT molecular complexity index is 688. The summed E-state index contributed by atoms with van der Waals surface area (Å²) in [7, 11) is 0. The van der Waals surface area contributed by atoms with Crippen LogP contribution in [0.15, 0.2) is 48.7 Å². The van der Waals surface area contributed by atoms with Gasteiger partial charge in [0.05, 0.1) is 16.9 Å². The molecule has 0 aliphatic carbocycles. The van der Waals surface area contributed by atoms with Gasteiger partial charge in [-0.3, -0.25) is 9.67 Å². The first kappa shape index (κ1) is 12.8. The SMILES string of the molecule is CCn1nc(CNCc2ccccn2)c2ccccc21. The molecule has 0 unspecified atom stereocenters. The van der Waals surface area contributed by atoms with Gasteiger partial charge in [-0.1, -0.05) is 24.3 Å². The largest absolute Gasteiger partial charge is 0.305 e. The van der Waals surface area contributed by atoms with Crippen LogP contribution in [0.5, 0.6) is 0 Å². The number of hydrogen-bond donors (Lipinski definition) is 1. The van der Waals surface area contributed by atoms with Gasteiger partial charge in [-0.15, -0.1) is 0 Å². The Labute approximate surface area is 118 Å². The number of para-hydroxylation sites is 1. The molecule has 0 radical (unpaired) electrons. The van der Waals surface area contributed by atoms with E-state index in [0.717, 1.165) is 31.0 Å². The Morgan fingerprint density at radius 2 is 1.90 bits per heavy atom. The fraction of sp³-hybridized carbons (Fsp3) is 0.250. The normalized spacial score (nSPS) is 11.1. The molecule has 4 heteroatoms. The zero-order chi connectivity index (χ0) is 13.8. The van der Waals surface area contributed by atoms with E-state index in [1.54, 1.807) is 0 Å². The number of hydrogen-bond acceptors (Lipinski definition) is 3. The molecule has 0 amide bonds. The fourth-order valence-electron chi connectivity index (χ4n) is 2.38. The van der Waals surface area contributed by atoms with Crippen molar-refractivity contribution in [1.82, 2.24) is 20.1 Å². The van der Waals surface area contributed by atoms with Gasteiger partial charge in [-0.25, -0.2) is 0 Å². The summed E-state index contributed by atoms with van der Waals surface area (Å²) in [5.74, 6) is 0. The monoisotopic (exact) mass is 266 g/mol. The highest BCUT2D eigenvalue weighted by atomic mass is 15.3. The van der Waals surface area contributed by atoms with Crippen LogP contribution in [0.25, 0.3) is 10.9 Å². The molecule has 0 spiro atoms. The second-order valence-electron chi connectivity index (χ2n) is 4.70. The molecule has 20 heavy (non-hydrogen) atoms. The first-order valence-corrected chi connectivity index (χ1v) is 6.93. The van der Waals surface area contributed by atoms with Crippen molar-refractivity contribution in [2.75, 3.05) is 0 Å². The van der Waals surface area contributed by atoms with Crippen molar-refractivity contribution < 1.29 is 0 Å². The van der Waals surface area contributed by atoms with Crippen LogP contribution in [0.3, 0.4) is 0 Å². The van der Waals surface area contributed by atoms with Gasteiger partial charge < -0.3 is 5.32 Å². The third-order valence-electron chi connectivity index (χ3n) is 3.36. The van der Waals surface area contributed by atoms with Gasteiger partial charge in [0.1, 0.15) is 0 Å². The van der Waals surface area contributed by atoms with E-state index < -0.39 is 0 Å². The third-order valence-corrected chi connectivity index (χ3v) is 3.36. The predicted molar refractivity (Wildman–Crippen MR) is 80.2 cm³/mol. The van der Waals surface area contributed by atoms with Gasteiger partial charge in [0.15, 0.2) is 0 Å². The summed E-state index contributed by atoms with van der Waals surface area (Å²) < 4.78 is 2.05. The summed E-state index contributed by atoms with van der Waals surface area (Å²) >= 11 is 0. The summed E-state index contributed by atoms with van der Waals surface area (Å²) in [5, 5.41) is 9.31. The molecule has 0 saturated heterocycles. The predicted octanol–water partition coefficient (Wildman–Crippen LogP) is 2.74. The zero-order valence-electron chi connectivity index (χ0n) is 11.6. The summed E-state index contributed by atoms with van der Waals surface area (Å²) in [6.07, 6.45) is 1.82. The number of nitrogens with one attached hydrogen (secondary N) is 1. The molecule has 0 aliphatic heterocycles. The van der Waals surface area contributed by atoms with E-state index in [4.69, 9.17) is 0 Å². The molecular weight excluding hydrogens is 248 g/mol. The van der Waals surface area contributed by atoms with E-state index in [0.29, 0.717) is 0 Å². The van der Waals surface area contributed by atoms with Gasteiger partial charge >= 0.3 is 0 Å². The topological polar surface area (TPSA) is 42.7 Å². The minimum absolute atomic E-state index is 0.754. The minimum atomic E-state index is 0.754. The average molecular weight is 266 g/mol. The van der Waals surface area contributed by atoms with Crippen LogP contribution in [0.4, 0.5) is 0 Å². The van der Waals surface area contributed by atoms with Crippen LogP contribution in [-0.4, -0.2) is 14.8 Å². The molecule has 2 aromatic heterocycles. The van der Waals surface area contributed by atoms with Crippen molar-refractivity contribution in [3.05, 3.63) is 60.0 Å². The molecule has 3 aromatic rings. The molecular formula is C16H18N4. The van der Waals surface area contributed by atoms with E-state index in [-0.39, 0.29) is 0 Å². The first-order valence-electron chi connectivity index (χ1n) is 6.93. The van der Waals surface area contributed by atoms with Crippen molar-refractivity contribution in [2.24, 2.45) is 0 Å². The zero-order valence-corrected chi connectivity index (χ0v) is 11.6. The maximum atomic E-state index is 4.67. The van der Waals surface area contributed by atoms with Crippen molar-refractivity contribution in [2.45, 2.75) is 26.6 Å². The Hall–Kier alpha value is -2.20. The maximum absolute atomic E-state index is 4.67. The molecule has 2 heterocycles. The number of aromatic nitrogens is 3. The number of fused-ring (bicyclic) bond motifs is 1. The molecule has 0 aliphatic rings. The van der Waals surface area contributed by atoms with Crippen LogP contribution >= 0.6 is 0 Å². The third kappa shape index (κ3) is 2.56. The van der Waals surface area contributed by atoms with E-state index in [1.807, 2.05) is 29.1 Å². The standard InChI is InChI=1S/C16H18N4/c1-2-20-16-9-4-3-8-14(16)15(19-20)12-17-11-13-7-5-6-10-18-13/h3-10,17H,2,11-12H2,1H3. The molecule has 102 valence electrons. The second-order valence-corrected chi connectivity index (χ2v) is 4.70. The van der Waals surface area contributed by atoms with Gasteiger partial charge in [-0.2, -0.15) is 5.10 Å². The highest BCUT2D eigenvalue weighted by molar-refractivity contribution is 5.81. The highest BCUT2D eigenvalue weighted by Gasteiger charge is 2.08. The number of benzene rings is 1. The number of pyridine rings is 1. The first-order chi connectivity index (χ1) is 9.88. The van der Waals surface area contributed by atoms with Gasteiger partial charge in [0.25, 0.3) is 0 Å². The van der Waals surface area contributed by atoms with Gasteiger partial charge in [-0.05, 0) is 25.1 Å². The van der Waals surface area contributed by atoms with Crippen LogP contribution in [-0.2, 0) is 19.6 Å². The van der Waals surface area contributed by atoms with Gasteiger partial charge in [0.2, 0.25) is 0 Å². The van der Waals surface area contributed by atoms with Crippen molar-refractivity contribution in [3.8, 4) is 0 Å². The lowest BCUT2D eigenvalue weighted by molar-refractivity contribution is 0.627. The molecule has 0 saturated carbocycles. The minimum Gasteiger partial charge on any atom is -0.305 e. The lowest BCUT2D eigenvalue weighted by Gasteiger charge is -2.02. The van der Waals surface area contributed by atoms with Crippen molar-refractivity contribution >= 4 is 10.9 Å². The maximum Gasteiger partial charge on any atom is 0.0841 e. The van der Waals surface area contributed by atoms with Crippen molar-refractivity contribution in [1.29, 1.82) is 0 Å². The molecule has 1 N–H and O–H groups in total. The van der Waals surface area contributed by atoms with E-state index in [9.17, 15) is 0 Å². The quantitative estimate of drug-likeness (QED) is 0.772. The lowest BCUT2D eigenvalue weighted by Crippen LogP contribution is -2.14. The van der Waals surface area contributed by atoms with Crippen LogP contribution in [0.1, 0.15) is 18.3 Å². The highest BCUT2D eigenvalue weighted by Crippen LogP contribution is 2.18. The molecule has 3 rings (SSSR count). The molecule has 1 aromatic carbocycles.